The molecule has 5 heteroatoms. The first-order chi connectivity index (χ1) is 11.1. The maximum Gasteiger partial charge on any atom is 0.384 e. The van der Waals surface area contributed by atoms with Crippen LogP contribution in [0.5, 0.6) is 0 Å². The lowest BCUT2D eigenvalue weighted by atomic mass is 9.83. The van der Waals surface area contributed by atoms with Crippen LogP contribution in [0.2, 0.25) is 0 Å². The van der Waals surface area contributed by atoms with Gasteiger partial charge in [-0.15, -0.1) is 0 Å². The average Bonchev–Trinajstić information content (AvgIpc) is 2.53. The first-order valence-electron chi connectivity index (χ1n) is 7.77. The van der Waals surface area contributed by atoms with Gasteiger partial charge in [0.2, 0.25) is 0 Å². The van der Waals surface area contributed by atoms with Gasteiger partial charge in [0.25, 0.3) is 0 Å². The Bertz CT molecular complexity index is 538. The van der Waals surface area contributed by atoms with E-state index in [0.29, 0.717) is 0 Å². The van der Waals surface area contributed by atoms with Crippen molar-refractivity contribution in [2.24, 2.45) is 5.41 Å². The minimum absolute atomic E-state index is 0.0362. The van der Waals surface area contributed by atoms with Gasteiger partial charge in [-0.3, -0.25) is 0 Å². The lowest BCUT2D eigenvalue weighted by molar-refractivity contribution is -0.197. The SMILES string of the molecule is C/C=C/CC(C)(C)[C@H](O)C#CCOC(C)(C)OCC#CC(=O)OC. The molecule has 0 fully saturated rings. The van der Waals surface area contributed by atoms with Crippen LogP contribution in [0, 0.1) is 29.1 Å². The van der Waals surface area contributed by atoms with Gasteiger partial charge in [0.15, 0.2) is 5.79 Å². The number of allylic oxidation sites excluding steroid dienone is 2. The molecule has 0 aliphatic rings. The zero-order valence-corrected chi connectivity index (χ0v) is 15.4. The monoisotopic (exact) mass is 336 g/mol. The topological polar surface area (TPSA) is 65.0 Å². The molecule has 0 amide bonds. The Morgan fingerprint density at radius 1 is 1.17 bits per heavy atom. The zero-order valence-electron chi connectivity index (χ0n) is 15.4. The molecule has 0 aromatic carbocycles. The first kappa shape index (κ1) is 22.2. The van der Waals surface area contributed by atoms with Crippen LogP contribution in [0.15, 0.2) is 12.2 Å². The molecule has 0 aromatic heterocycles. The molecule has 0 radical (unpaired) electrons. The van der Waals surface area contributed by atoms with Gasteiger partial charge in [-0.1, -0.05) is 43.8 Å². The van der Waals surface area contributed by atoms with Crippen molar-refractivity contribution in [2.75, 3.05) is 20.3 Å². The largest absolute Gasteiger partial charge is 0.459 e. The third-order valence-corrected chi connectivity index (χ3v) is 3.22. The third-order valence-electron chi connectivity index (χ3n) is 3.22. The van der Waals surface area contributed by atoms with Gasteiger partial charge in [-0.25, -0.2) is 4.79 Å². The summed E-state index contributed by atoms with van der Waals surface area (Å²) >= 11 is 0. The number of methoxy groups -OCH3 is 1. The highest BCUT2D eigenvalue weighted by atomic mass is 16.7. The molecule has 0 saturated carbocycles. The smallest absolute Gasteiger partial charge is 0.384 e. The maximum atomic E-state index is 10.8. The molecule has 0 heterocycles. The summed E-state index contributed by atoms with van der Waals surface area (Å²) in [7, 11) is 1.26. The summed E-state index contributed by atoms with van der Waals surface area (Å²) in [5.41, 5.74) is -0.324. The van der Waals surface area contributed by atoms with E-state index in [1.165, 1.54) is 7.11 Å². The van der Waals surface area contributed by atoms with E-state index in [4.69, 9.17) is 9.47 Å². The van der Waals surface area contributed by atoms with Gasteiger partial charge < -0.3 is 19.3 Å². The molecule has 1 N–H and O–H groups in total. The van der Waals surface area contributed by atoms with Crippen molar-refractivity contribution in [3.63, 3.8) is 0 Å². The van der Waals surface area contributed by atoms with E-state index in [1.807, 2.05) is 32.9 Å². The van der Waals surface area contributed by atoms with Gasteiger partial charge >= 0.3 is 5.97 Å². The van der Waals surface area contributed by atoms with Gasteiger partial charge in [0, 0.05) is 11.3 Å². The maximum absolute atomic E-state index is 10.8. The van der Waals surface area contributed by atoms with Crippen LogP contribution in [0.4, 0.5) is 0 Å². The lowest BCUT2D eigenvalue weighted by Crippen LogP contribution is -2.29. The van der Waals surface area contributed by atoms with Crippen molar-refractivity contribution in [3.8, 4) is 23.7 Å². The van der Waals surface area contributed by atoms with Crippen LogP contribution in [0.1, 0.15) is 41.0 Å². The Morgan fingerprint density at radius 3 is 2.29 bits per heavy atom. The average molecular weight is 336 g/mol. The van der Waals surface area contributed by atoms with E-state index >= 15 is 0 Å². The number of aliphatic hydroxyl groups excluding tert-OH is 1. The van der Waals surface area contributed by atoms with E-state index < -0.39 is 17.9 Å². The van der Waals surface area contributed by atoms with Crippen molar-refractivity contribution < 1.29 is 24.1 Å². The molecule has 1 atom stereocenters. The number of hydrogen-bond donors (Lipinski definition) is 1. The number of ether oxygens (including phenoxy) is 3. The quantitative estimate of drug-likeness (QED) is 0.254. The molecule has 0 aliphatic heterocycles. The summed E-state index contributed by atoms with van der Waals surface area (Å²) in [5, 5.41) is 10.1. The van der Waals surface area contributed by atoms with E-state index in [2.05, 4.69) is 28.4 Å². The van der Waals surface area contributed by atoms with Crippen LogP contribution in [0.25, 0.3) is 0 Å². The van der Waals surface area contributed by atoms with Gasteiger partial charge in [0.1, 0.15) is 19.3 Å². The second-order valence-corrected chi connectivity index (χ2v) is 6.26. The fraction of sp³-hybridized carbons (Fsp3) is 0.632. The predicted octanol–water partition coefficient (Wildman–Crippen LogP) is 2.29. The van der Waals surface area contributed by atoms with Crippen LogP contribution in [-0.4, -0.2) is 43.3 Å². The summed E-state index contributed by atoms with van der Waals surface area (Å²) < 4.78 is 15.3. The highest BCUT2D eigenvalue weighted by molar-refractivity contribution is 5.88. The fourth-order valence-electron chi connectivity index (χ4n) is 1.49. The molecule has 0 aliphatic carbocycles. The molecule has 0 saturated heterocycles. The van der Waals surface area contributed by atoms with E-state index in [9.17, 15) is 9.90 Å². The van der Waals surface area contributed by atoms with Crippen molar-refractivity contribution in [1.29, 1.82) is 0 Å². The second-order valence-electron chi connectivity index (χ2n) is 6.26. The van der Waals surface area contributed by atoms with Crippen molar-refractivity contribution in [1.82, 2.24) is 0 Å². The highest BCUT2D eigenvalue weighted by Gasteiger charge is 2.24. The van der Waals surface area contributed by atoms with Crippen molar-refractivity contribution in [2.45, 2.75) is 52.9 Å². The van der Waals surface area contributed by atoms with Gasteiger partial charge in [0.05, 0.1) is 7.11 Å². The van der Waals surface area contributed by atoms with Crippen molar-refractivity contribution in [3.05, 3.63) is 12.2 Å². The summed E-state index contributed by atoms with van der Waals surface area (Å²) in [6.45, 7) is 9.46. The summed E-state index contributed by atoms with van der Waals surface area (Å²) in [5.74, 6) is 8.88. The molecular weight excluding hydrogens is 308 g/mol. The van der Waals surface area contributed by atoms with Crippen LogP contribution < -0.4 is 0 Å². The van der Waals surface area contributed by atoms with Gasteiger partial charge in [-0.2, -0.15) is 0 Å². The number of hydrogen-bond acceptors (Lipinski definition) is 5. The summed E-state index contributed by atoms with van der Waals surface area (Å²) in [6.07, 6.45) is 3.96. The Hall–Kier alpha value is -1.79. The summed E-state index contributed by atoms with van der Waals surface area (Å²) in [4.78, 5) is 10.8. The van der Waals surface area contributed by atoms with E-state index in [-0.39, 0.29) is 18.6 Å². The molecular formula is C19H28O5. The Labute approximate surface area is 145 Å². The minimum Gasteiger partial charge on any atom is -0.459 e. The Morgan fingerprint density at radius 2 is 1.75 bits per heavy atom. The molecule has 5 nitrogen and oxygen atoms in total. The van der Waals surface area contributed by atoms with E-state index in [1.54, 1.807) is 13.8 Å². The normalized spacial score (nSPS) is 12.8. The zero-order chi connectivity index (χ0) is 18.6. The van der Waals surface area contributed by atoms with E-state index in [0.717, 1.165) is 6.42 Å². The number of carbonyl (C=O) groups is 1. The Balaban J connectivity index is 4.33. The Kier molecular flexibility index (Phi) is 10.1. The fourth-order valence-corrected chi connectivity index (χ4v) is 1.49. The first-order valence-corrected chi connectivity index (χ1v) is 7.77. The van der Waals surface area contributed by atoms with Crippen LogP contribution in [0.3, 0.4) is 0 Å². The predicted molar refractivity (Wildman–Crippen MR) is 92.8 cm³/mol. The van der Waals surface area contributed by atoms with Crippen LogP contribution in [-0.2, 0) is 19.0 Å². The molecule has 0 unspecified atom stereocenters. The summed E-state index contributed by atoms with van der Waals surface area (Å²) in [6, 6.07) is 0. The molecule has 0 spiro atoms. The number of rotatable bonds is 7. The minimum atomic E-state index is -0.898. The van der Waals surface area contributed by atoms with Crippen LogP contribution >= 0.6 is 0 Å². The molecule has 0 bridgehead atoms. The lowest BCUT2D eigenvalue weighted by Gasteiger charge is -2.25. The van der Waals surface area contributed by atoms with Crippen molar-refractivity contribution >= 4 is 5.97 Å². The molecule has 24 heavy (non-hydrogen) atoms. The third kappa shape index (κ3) is 10.1. The second kappa shape index (κ2) is 10.9. The molecule has 134 valence electrons. The number of carbonyl (C=O) groups excluding carboxylic acids is 1. The molecule has 0 rings (SSSR count). The number of esters is 1. The highest BCUT2D eigenvalue weighted by Crippen LogP contribution is 2.25. The number of aliphatic hydroxyl groups is 1. The standard InChI is InChI=1S/C19H28O5/c1-7-8-13-18(2,3)16(20)11-9-14-23-19(4,5)24-15-10-12-17(21)22-6/h7-8,16,20H,13-15H2,1-6H3/b8-7+/t16-/m1/s1. The van der Waals surface area contributed by atoms with Gasteiger partial charge in [-0.05, 0) is 27.2 Å². The molecule has 0 aromatic rings.